The van der Waals surface area contributed by atoms with Crippen LogP contribution >= 0.6 is 0 Å². The Hall–Kier alpha value is -4.60. The molecule has 0 unspecified atom stereocenters. The number of ketones is 1. The predicted octanol–water partition coefficient (Wildman–Crippen LogP) is 3.03. The van der Waals surface area contributed by atoms with Crippen LogP contribution in [-0.4, -0.2) is 43.5 Å². The van der Waals surface area contributed by atoms with Crippen molar-refractivity contribution in [1.82, 2.24) is 14.6 Å². The van der Waals surface area contributed by atoms with Gasteiger partial charge < -0.3 is 9.84 Å². The van der Waals surface area contributed by atoms with E-state index in [0.717, 1.165) is 23.8 Å². The van der Waals surface area contributed by atoms with Crippen molar-refractivity contribution in [3.63, 3.8) is 0 Å². The van der Waals surface area contributed by atoms with Gasteiger partial charge in [0.2, 0.25) is 0 Å². The molecule has 2 aromatic carbocycles. The maximum atomic E-state index is 12.8. The Bertz CT molecular complexity index is 1340. The van der Waals surface area contributed by atoms with Crippen LogP contribution in [0.5, 0.6) is 5.75 Å². The minimum atomic E-state index is -0.650. The molecule has 154 valence electrons. The second kappa shape index (κ2) is 7.67. The Balaban J connectivity index is 1.68. The number of carbonyl (C=O) groups is 2. The molecule has 0 spiro atoms. The third kappa shape index (κ3) is 3.69. The minimum absolute atomic E-state index is 0.0963. The molecule has 0 bridgehead atoms. The number of methoxy groups -OCH3 is 1. The van der Waals surface area contributed by atoms with Gasteiger partial charge in [0.15, 0.2) is 11.4 Å². The molecule has 0 aliphatic heterocycles. The largest absolute Gasteiger partial charge is 0.507 e. The normalized spacial score (nSPS) is 10.7. The molecular formula is C21H14N4O6. The number of nitro benzene ring substituents is 1. The highest BCUT2D eigenvalue weighted by atomic mass is 16.6. The van der Waals surface area contributed by atoms with Crippen molar-refractivity contribution in [3.05, 3.63) is 87.7 Å². The molecule has 4 aromatic rings. The van der Waals surface area contributed by atoms with Crippen molar-refractivity contribution in [1.29, 1.82) is 0 Å². The van der Waals surface area contributed by atoms with E-state index in [-0.39, 0.29) is 22.6 Å². The number of phenols is 1. The first-order valence-electron chi connectivity index (χ1n) is 8.93. The van der Waals surface area contributed by atoms with Gasteiger partial charge in [-0.15, -0.1) is 0 Å². The number of esters is 1. The maximum absolute atomic E-state index is 12.8. The average molecular weight is 418 g/mol. The number of carbonyl (C=O) groups excluding carboxylic acids is 2. The zero-order valence-electron chi connectivity index (χ0n) is 16.1. The van der Waals surface area contributed by atoms with E-state index < -0.39 is 16.7 Å². The third-order valence-electron chi connectivity index (χ3n) is 4.61. The molecule has 1 N–H and O–H groups in total. The van der Waals surface area contributed by atoms with Gasteiger partial charge in [-0.25, -0.2) is 14.3 Å². The first-order chi connectivity index (χ1) is 14.9. The van der Waals surface area contributed by atoms with Crippen molar-refractivity contribution in [2.24, 2.45) is 0 Å². The van der Waals surface area contributed by atoms with E-state index in [1.165, 1.54) is 24.0 Å². The smallest absolute Gasteiger partial charge is 0.337 e. The second-order valence-corrected chi connectivity index (χ2v) is 6.53. The van der Waals surface area contributed by atoms with Crippen molar-refractivity contribution in [2.75, 3.05) is 7.11 Å². The zero-order chi connectivity index (χ0) is 22.1. The lowest BCUT2D eigenvalue weighted by molar-refractivity contribution is -0.384. The zero-order valence-corrected chi connectivity index (χ0v) is 16.1. The molecule has 0 atom stereocenters. The SMILES string of the molecule is COC(=O)c1ccc(-c2cc3ncc(C(=O)c4cc([N+](=O)[O-])ccc4O)cn3n2)cc1. The lowest BCUT2D eigenvalue weighted by atomic mass is 10.0. The van der Waals surface area contributed by atoms with E-state index in [1.807, 2.05) is 0 Å². The molecule has 0 radical (unpaired) electrons. The topological polar surface area (TPSA) is 137 Å². The van der Waals surface area contributed by atoms with Crippen LogP contribution in [0.4, 0.5) is 5.69 Å². The fourth-order valence-corrected chi connectivity index (χ4v) is 3.00. The molecule has 0 aliphatic rings. The van der Waals surface area contributed by atoms with E-state index >= 15 is 0 Å². The molecule has 0 saturated carbocycles. The summed E-state index contributed by atoms with van der Waals surface area (Å²) in [5, 5.41) is 25.3. The highest BCUT2D eigenvalue weighted by molar-refractivity contribution is 6.10. The summed E-state index contributed by atoms with van der Waals surface area (Å²) in [5.41, 5.74) is 1.73. The van der Waals surface area contributed by atoms with Gasteiger partial charge >= 0.3 is 5.97 Å². The monoisotopic (exact) mass is 418 g/mol. The van der Waals surface area contributed by atoms with E-state index in [1.54, 1.807) is 30.3 Å². The Morgan fingerprint density at radius 3 is 2.52 bits per heavy atom. The molecule has 0 saturated heterocycles. The predicted molar refractivity (Wildman–Crippen MR) is 108 cm³/mol. The number of ether oxygens (including phenoxy) is 1. The average Bonchev–Trinajstić information content (AvgIpc) is 3.21. The number of nitro groups is 1. The fourth-order valence-electron chi connectivity index (χ4n) is 3.00. The quantitative estimate of drug-likeness (QED) is 0.226. The summed E-state index contributed by atoms with van der Waals surface area (Å²) in [6.45, 7) is 0. The number of nitrogens with zero attached hydrogens (tertiary/aromatic N) is 4. The Morgan fingerprint density at radius 2 is 1.84 bits per heavy atom. The van der Waals surface area contributed by atoms with E-state index in [0.29, 0.717) is 16.9 Å². The standard InChI is InChI=1S/C21H14N4O6/c1-31-21(28)13-4-2-12(3-5-13)17-9-19-22-10-14(11-24(19)23-17)20(27)16-8-15(25(29)30)6-7-18(16)26/h2-11,26H,1H3. The van der Waals surface area contributed by atoms with Crippen LogP contribution in [0.1, 0.15) is 26.3 Å². The number of hydrogen-bond donors (Lipinski definition) is 1. The highest BCUT2D eigenvalue weighted by Crippen LogP contribution is 2.26. The Morgan fingerprint density at radius 1 is 1.10 bits per heavy atom. The molecule has 0 fully saturated rings. The number of hydrogen-bond acceptors (Lipinski definition) is 8. The number of aromatic hydroxyl groups is 1. The van der Waals surface area contributed by atoms with E-state index in [2.05, 4.69) is 14.8 Å². The first kappa shape index (κ1) is 19.7. The van der Waals surface area contributed by atoms with Crippen LogP contribution in [0.15, 0.2) is 60.9 Å². The number of non-ortho nitro benzene ring substituents is 1. The van der Waals surface area contributed by atoms with E-state index in [4.69, 9.17) is 0 Å². The molecule has 2 heterocycles. The van der Waals surface area contributed by atoms with Gasteiger partial charge in [-0.3, -0.25) is 14.9 Å². The van der Waals surface area contributed by atoms with Crippen molar-refractivity contribution >= 4 is 23.1 Å². The number of fused-ring (bicyclic) bond motifs is 1. The van der Waals surface area contributed by atoms with Crippen molar-refractivity contribution < 1.29 is 24.4 Å². The summed E-state index contributed by atoms with van der Waals surface area (Å²) >= 11 is 0. The van der Waals surface area contributed by atoms with Crippen LogP contribution < -0.4 is 0 Å². The summed E-state index contributed by atoms with van der Waals surface area (Å²) < 4.78 is 6.07. The van der Waals surface area contributed by atoms with Gasteiger partial charge in [0.25, 0.3) is 5.69 Å². The molecule has 10 nitrogen and oxygen atoms in total. The van der Waals surface area contributed by atoms with Crippen LogP contribution in [0.2, 0.25) is 0 Å². The first-order valence-corrected chi connectivity index (χ1v) is 8.93. The lowest BCUT2D eigenvalue weighted by Gasteiger charge is -2.04. The summed E-state index contributed by atoms with van der Waals surface area (Å²) in [6, 6.07) is 11.6. The summed E-state index contributed by atoms with van der Waals surface area (Å²) in [7, 11) is 1.30. The van der Waals surface area contributed by atoms with Gasteiger partial charge in [0.05, 0.1) is 34.4 Å². The van der Waals surface area contributed by atoms with Gasteiger partial charge in [-0.2, -0.15) is 5.10 Å². The van der Waals surface area contributed by atoms with Crippen LogP contribution in [0, 0.1) is 10.1 Å². The highest BCUT2D eigenvalue weighted by Gasteiger charge is 2.19. The maximum Gasteiger partial charge on any atom is 0.337 e. The molecule has 2 aromatic heterocycles. The van der Waals surface area contributed by atoms with Crippen LogP contribution in [0.25, 0.3) is 16.9 Å². The van der Waals surface area contributed by atoms with Crippen molar-refractivity contribution in [2.45, 2.75) is 0 Å². The number of phenolic OH excluding ortho intramolecular Hbond substituents is 1. The van der Waals surface area contributed by atoms with Crippen molar-refractivity contribution in [3.8, 4) is 17.0 Å². The van der Waals surface area contributed by atoms with Gasteiger partial charge in [0, 0.05) is 36.2 Å². The summed E-state index contributed by atoms with van der Waals surface area (Å²) in [6.07, 6.45) is 2.73. The van der Waals surface area contributed by atoms with Gasteiger partial charge in [0.1, 0.15) is 5.75 Å². The third-order valence-corrected chi connectivity index (χ3v) is 4.61. The molecule has 10 heteroatoms. The molecule has 31 heavy (non-hydrogen) atoms. The number of benzene rings is 2. The molecule has 4 rings (SSSR count). The minimum Gasteiger partial charge on any atom is -0.507 e. The number of aromatic nitrogens is 3. The van der Waals surface area contributed by atoms with Gasteiger partial charge in [-0.05, 0) is 18.2 Å². The van der Waals surface area contributed by atoms with E-state index in [9.17, 15) is 24.8 Å². The fraction of sp³-hybridized carbons (Fsp3) is 0.0476. The summed E-state index contributed by atoms with van der Waals surface area (Å²) in [4.78, 5) is 38.9. The molecule has 0 amide bonds. The van der Waals surface area contributed by atoms with Crippen LogP contribution in [-0.2, 0) is 4.74 Å². The second-order valence-electron chi connectivity index (χ2n) is 6.53. The molecular weight excluding hydrogens is 404 g/mol. The summed E-state index contributed by atoms with van der Waals surface area (Å²) in [5.74, 6) is -1.45. The Labute approximate surface area is 174 Å². The van der Waals surface area contributed by atoms with Gasteiger partial charge in [-0.1, -0.05) is 12.1 Å². The number of rotatable bonds is 5. The van der Waals surface area contributed by atoms with Crippen LogP contribution in [0.3, 0.4) is 0 Å². The molecule has 0 aliphatic carbocycles. The lowest BCUT2D eigenvalue weighted by Crippen LogP contribution is -2.05. The Kier molecular flexibility index (Phi) is 4.88.